The fraction of sp³-hybridized carbons (Fsp3) is 0.0909. The van der Waals surface area contributed by atoms with Crippen LogP contribution < -0.4 is 10.1 Å². The Bertz CT molecular complexity index is 1170. The van der Waals surface area contributed by atoms with Crippen molar-refractivity contribution < 1.29 is 18.3 Å². The number of nitrogens with zero attached hydrogens (tertiary/aromatic N) is 1. The molecule has 1 heterocycles. The third kappa shape index (κ3) is 3.44. The summed E-state index contributed by atoms with van der Waals surface area (Å²) in [4.78, 5) is 17.0. The number of hydrogen-bond donors (Lipinski definition) is 1. The van der Waals surface area contributed by atoms with Crippen LogP contribution in [0.15, 0.2) is 65.1 Å². The predicted octanol–water partition coefficient (Wildman–Crippen LogP) is 5.20. The van der Waals surface area contributed by atoms with E-state index in [9.17, 15) is 9.18 Å². The quantitative estimate of drug-likeness (QED) is 0.531. The van der Waals surface area contributed by atoms with Crippen LogP contribution in [0.1, 0.15) is 15.9 Å². The number of ether oxygens (including phenoxy) is 1. The summed E-state index contributed by atoms with van der Waals surface area (Å²) in [5.41, 5.74) is 3.96. The summed E-state index contributed by atoms with van der Waals surface area (Å²) in [6.45, 7) is 1.89. The maximum absolute atomic E-state index is 13.1. The molecule has 1 N–H and O–H groups in total. The van der Waals surface area contributed by atoms with E-state index in [2.05, 4.69) is 10.3 Å². The molecule has 0 spiro atoms. The second-order valence-electron chi connectivity index (χ2n) is 6.34. The number of oxazole rings is 1. The zero-order valence-electron chi connectivity index (χ0n) is 15.3. The first-order valence-corrected chi connectivity index (χ1v) is 8.66. The number of aryl methyl sites for hydroxylation is 1. The van der Waals surface area contributed by atoms with Gasteiger partial charge in [0.15, 0.2) is 5.58 Å². The lowest BCUT2D eigenvalue weighted by molar-refractivity contribution is 0.102. The first-order chi connectivity index (χ1) is 13.5. The Balaban J connectivity index is 1.65. The van der Waals surface area contributed by atoms with Crippen LogP contribution in [0, 0.1) is 12.7 Å². The van der Waals surface area contributed by atoms with E-state index >= 15 is 0 Å². The fourth-order valence-corrected chi connectivity index (χ4v) is 2.84. The highest BCUT2D eigenvalue weighted by atomic mass is 19.1. The Labute approximate surface area is 160 Å². The number of fused-ring (bicyclic) bond motifs is 1. The Morgan fingerprint density at radius 2 is 1.86 bits per heavy atom. The number of anilines is 1. The Hall–Kier alpha value is -3.67. The van der Waals surface area contributed by atoms with E-state index in [4.69, 9.17) is 9.15 Å². The highest BCUT2D eigenvalue weighted by molar-refractivity contribution is 6.04. The summed E-state index contributed by atoms with van der Waals surface area (Å²) in [6.07, 6.45) is 0. The first-order valence-electron chi connectivity index (χ1n) is 8.66. The molecular formula is C22H17FN2O3. The molecule has 0 saturated heterocycles. The Morgan fingerprint density at radius 1 is 1.07 bits per heavy atom. The fourth-order valence-electron chi connectivity index (χ4n) is 2.84. The van der Waals surface area contributed by atoms with Gasteiger partial charge in [-0.15, -0.1) is 0 Å². The van der Waals surface area contributed by atoms with Crippen LogP contribution in [-0.4, -0.2) is 18.0 Å². The molecule has 1 amide bonds. The zero-order valence-corrected chi connectivity index (χ0v) is 15.3. The molecule has 0 unspecified atom stereocenters. The van der Waals surface area contributed by atoms with Crippen molar-refractivity contribution in [3.63, 3.8) is 0 Å². The molecule has 1 aromatic heterocycles. The van der Waals surface area contributed by atoms with E-state index in [1.165, 1.54) is 24.3 Å². The predicted molar refractivity (Wildman–Crippen MR) is 105 cm³/mol. The number of carbonyl (C=O) groups is 1. The molecule has 0 fully saturated rings. The van der Waals surface area contributed by atoms with Crippen molar-refractivity contribution in [2.45, 2.75) is 6.92 Å². The van der Waals surface area contributed by atoms with Crippen molar-refractivity contribution in [1.29, 1.82) is 0 Å². The van der Waals surface area contributed by atoms with Gasteiger partial charge in [-0.25, -0.2) is 9.37 Å². The lowest BCUT2D eigenvalue weighted by Crippen LogP contribution is -2.12. The summed E-state index contributed by atoms with van der Waals surface area (Å²) in [7, 11) is 1.60. The standard InChI is InChI=1S/C22H17FN2O3/c1-13-3-4-15(22-25-19-12-17(27-2)9-10-20(19)28-22)11-18(13)24-21(26)14-5-7-16(23)8-6-14/h3-12H,1-2H3,(H,24,26). The summed E-state index contributed by atoms with van der Waals surface area (Å²) in [6, 6.07) is 16.4. The molecule has 3 aromatic carbocycles. The smallest absolute Gasteiger partial charge is 0.255 e. The lowest BCUT2D eigenvalue weighted by atomic mass is 10.1. The highest BCUT2D eigenvalue weighted by Crippen LogP contribution is 2.29. The number of amides is 1. The SMILES string of the molecule is COc1ccc2oc(-c3ccc(C)c(NC(=O)c4ccc(F)cc4)c3)nc2c1. The first kappa shape index (κ1) is 17.7. The van der Waals surface area contributed by atoms with Crippen molar-refractivity contribution in [2.75, 3.05) is 12.4 Å². The maximum atomic E-state index is 13.1. The molecular weight excluding hydrogens is 359 g/mol. The van der Waals surface area contributed by atoms with E-state index in [1.807, 2.05) is 19.1 Å². The van der Waals surface area contributed by atoms with Crippen molar-refractivity contribution in [3.05, 3.63) is 77.6 Å². The zero-order chi connectivity index (χ0) is 19.7. The van der Waals surface area contributed by atoms with Gasteiger partial charge in [0, 0.05) is 22.9 Å². The molecule has 0 atom stereocenters. The van der Waals surface area contributed by atoms with Crippen LogP contribution in [0.2, 0.25) is 0 Å². The monoisotopic (exact) mass is 376 g/mol. The number of rotatable bonds is 4. The van der Waals surface area contributed by atoms with Crippen LogP contribution >= 0.6 is 0 Å². The third-order valence-corrected chi connectivity index (χ3v) is 4.43. The molecule has 28 heavy (non-hydrogen) atoms. The van der Waals surface area contributed by atoms with Gasteiger partial charge in [-0.3, -0.25) is 4.79 Å². The van der Waals surface area contributed by atoms with Gasteiger partial charge >= 0.3 is 0 Å². The van der Waals surface area contributed by atoms with Crippen LogP contribution in [-0.2, 0) is 0 Å². The molecule has 5 nitrogen and oxygen atoms in total. The number of carbonyl (C=O) groups excluding carboxylic acids is 1. The second kappa shape index (κ2) is 7.15. The van der Waals surface area contributed by atoms with E-state index in [1.54, 1.807) is 31.4 Å². The number of halogens is 1. The van der Waals surface area contributed by atoms with Crippen molar-refractivity contribution in [3.8, 4) is 17.2 Å². The van der Waals surface area contributed by atoms with Gasteiger partial charge in [-0.2, -0.15) is 0 Å². The van der Waals surface area contributed by atoms with Gasteiger partial charge in [0.2, 0.25) is 5.89 Å². The minimum absolute atomic E-state index is 0.317. The van der Waals surface area contributed by atoms with E-state index in [0.29, 0.717) is 34.0 Å². The van der Waals surface area contributed by atoms with Gasteiger partial charge in [0.05, 0.1) is 7.11 Å². The minimum atomic E-state index is -0.387. The number of nitrogens with one attached hydrogen (secondary N) is 1. The van der Waals surface area contributed by atoms with Gasteiger partial charge < -0.3 is 14.5 Å². The lowest BCUT2D eigenvalue weighted by Gasteiger charge is -2.09. The Morgan fingerprint density at radius 3 is 2.61 bits per heavy atom. The topological polar surface area (TPSA) is 64.4 Å². The van der Waals surface area contributed by atoms with Crippen molar-refractivity contribution in [2.24, 2.45) is 0 Å². The molecule has 0 aliphatic carbocycles. The van der Waals surface area contributed by atoms with Crippen LogP contribution in [0.3, 0.4) is 0 Å². The molecule has 6 heteroatoms. The van der Waals surface area contributed by atoms with Crippen LogP contribution in [0.25, 0.3) is 22.6 Å². The normalized spacial score (nSPS) is 10.8. The maximum Gasteiger partial charge on any atom is 0.255 e. The van der Waals surface area contributed by atoms with Gasteiger partial charge in [-0.1, -0.05) is 6.07 Å². The summed E-state index contributed by atoms with van der Waals surface area (Å²) in [5, 5.41) is 2.86. The molecule has 0 aliphatic rings. The number of benzene rings is 3. The summed E-state index contributed by atoms with van der Waals surface area (Å²) >= 11 is 0. The Kier molecular flexibility index (Phi) is 4.53. The minimum Gasteiger partial charge on any atom is -0.497 e. The average molecular weight is 376 g/mol. The third-order valence-electron chi connectivity index (χ3n) is 4.43. The molecule has 140 valence electrons. The molecule has 0 bridgehead atoms. The molecule has 0 radical (unpaired) electrons. The van der Waals surface area contributed by atoms with Gasteiger partial charge in [0.1, 0.15) is 17.1 Å². The van der Waals surface area contributed by atoms with E-state index in [-0.39, 0.29) is 11.7 Å². The molecule has 0 aliphatic heterocycles. The summed E-state index contributed by atoms with van der Waals surface area (Å²) < 4.78 is 24.1. The number of methoxy groups -OCH3 is 1. The van der Waals surface area contributed by atoms with Crippen LogP contribution in [0.4, 0.5) is 10.1 Å². The van der Waals surface area contributed by atoms with E-state index < -0.39 is 0 Å². The van der Waals surface area contributed by atoms with Crippen LogP contribution in [0.5, 0.6) is 5.75 Å². The van der Waals surface area contributed by atoms with E-state index in [0.717, 1.165) is 11.1 Å². The van der Waals surface area contributed by atoms with Crippen molar-refractivity contribution >= 4 is 22.7 Å². The molecule has 0 saturated carbocycles. The van der Waals surface area contributed by atoms with Gasteiger partial charge in [-0.05, 0) is 61.0 Å². The summed E-state index contributed by atoms with van der Waals surface area (Å²) in [5.74, 6) is 0.439. The largest absolute Gasteiger partial charge is 0.497 e. The molecule has 4 aromatic rings. The molecule has 4 rings (SSSR count). The second-order valence-corrected chi connectivity index (χ2v) is 6.34. The number of aromatic nitrogens is 1. The average Bonchev–Trinajstić information content (AvgIpc) is 3.13. The van der Waals surface area contributed by atoms with Crippen molar-refractivity contribution in [1.82, 2.24) is 4.98 Å². The number of hydrogen-bond acceptors (Lipinski definition) is 4. The highest BCUT2D eigenvalue weighted by Gasteiger charge is 2.13. The van der Waals surface area contributed by atoms with Gasteiger partial charge in [0.25, 0.3) is 5.91 Å².